The molecule has 2 atom stereocenters. The first kappa shape index (κ1) is 32.9. The Hall–Kier alpha value is -2.43. The molecular formula is C34H49F3N4O2Si. The lowest BCUT2D eigenvalue weighted by Gasteiger charge is -2.62. The minimum absolute atomic E-state index is 0.0784. The second-order valence-electron chi connectivity index (χ2n) is 15.3. The number of amides is 1. The maximum atomic E-state index is 14.4. The van der Waals surface area contributed by atoms with E-state index in [1.807, 2.05) is 12.1 Å². The first-order valence-electron chi connectivity index (χ1n) is 15.9. The molecule has 2 unspecified atom stereocenters. The summed E-state index contributed by atoms with van der Waals surface area (Å²) in [7, 11) is -0.578. The van der Waals surface area contributed by atoms with E-state index in [2.05, 4.69) is 75.0 Å². The van der Waals surface area contributed by atoms with E-state index in [9.17, 15) is 18.0 Å². The van der Waals surface area contributed by atoms with Crippen LogP contribution < -0.4 is 5.32 Å². The maximum absolute atomic E-state index is 14.4. The zero-order valence-corrected chi connectivity index (χ0v) is 28.5. The van der Waals surface area contributed by atoms with Gasteiger partial charge in [0.15, 0.2) is 14.4 Å². The Labute approximate surface area is 261 Å². The number of halogens is 3. The summed E-state index contributed by atoms with van der Waals surface area (Å²) in [5, 5.41) is 3.63. The van der Waals surface area contributed by atoms with E-state index in [0.29, 0.717) is 25.1 Å². The number of alkyl halides is 3. The van der Waals surface area contributed by atoms with E-state index in [-0.39, 0.29) is 27.7 Å². The Kier molecular flexibility index (Phi) is 8.55. The van der Waals surface area contributed by atoms with Crippen molar-refractivity contribution in [1.82, 2.24) is 14.8 Å². The van der Waals surface area contributed by atoms with Gasteiger partial charge in [-0.2, -0.15) is 13.2 Å². The highest BCUT2D eigenvalue weighted by Crippen LogP contribution is 2.52. The van der Waals surface area contributed by atoms with Gasteiger partial charge in [0.25, 0.3) is 0 Å². The standard InChI is InChI=1S/C34H49F3N4O2Si/c1-31(2,3)44(7,8)43-18-17-41-16-15-33(41)20-24(21-33)30(42)40(6)29(34(35,36)37)27-14-13-25(22-38-27)39-28-19-23-11-9-10-12-26(23)32(28,4)5/h9-14,22,24,28-29,39H,15-21H2,1-8H3. The van der Waals surface area contributed by atoms with Crippen LogP contribution in [0.4, 0.5) is 18.9 Å². The fourth-order valence-corrected chi connectivity index (χ4v) is 8.17. The van der Waals surface area contributed by atoms with Crippen molar-refractivity contribution in [2.24, 2.45) is 5.92 Å². The molecule has 1 aromatic carbocycles. The maximum Gasteiger partial charge on any atom is 0.414 e. The molecule has 1 saturated carbocycles. The van der Waals surface area contributed by atoms with Crippen LogP contribution in [0.15, 0.2) is 42.6 Å². The second-order valence-corrected chi connectivity index (χ2v) is 20.1. The molecule has 1 N–H and O–H groups in total. The van der Waals surface area contributed by atoms with Crippen molar-refractivity contribution in [3.8, 4) is 0 Å². The summed E-state index contributed by atoms with van der Waals surface area (Å²) >= 11 is 0. The van der Waals surface area contributed by atoms with Crippen molar-refractivity contribution < 1.29 is 22.4 Å². The number of hydrogen-bond acceptors (Lipinski definition) is 5. The molecule has 1 aromatic heterocycles. The fraction of sp³-hybridized carbons (Fsp3) is 0.647. The molecule has 0 bridgehead atoms. The van der Waals surface area contributed by atoms with E-state index >= 15 is 0 Å². The van der Waals surface area contributed by atoms with Gasteiger partial charge >= 0.3 is 6.18 Å². The fourth-order valence-electron chi connectivity index (χ4n) is 7.13. The molecule has 44 heavy (non-hydrogen) atoms. The SMILES string of the molecule is CN(C(=O)C1CC2(CCN2CCO[Si](C)(C)C(C)(C)C)C1)C(c1ccc(NC2Cc3ccccc3C2(C)C)cn1)C(F)(F)F. The van der Waals surface area contributed by atoms with Crippen LogP contribution in [0.25, 0.3) is 0 Å². The molecule has 2 heterocycles. The van der Waals surface area contributed by atoms with Gasteiger partial charge in [-0.15, -0.1) is 0 Å². The molecule has 1 amide bonds. The summed E-state index contributed by atoms with van der Waals surface area (Å²) in [6.45, 7) is 17.9. The number of fused-ring (bicyclic) bond motifs is 1. The number of nitrogens with one attached hydrogen (secondary N) is 1. The van der Waals surface area contributed by atoms with Crippen LogP contribution in [0, 0.1) is 5.92 Å². The van der Waals surface area contributed by atoms with Gasteiger partial charge in [-0.1, -0.05) is 58.9 Å². The van der Waals surface area contributed by atoms with Gasteiger partial charge in [0, 0.05) is 49.7 Å². The third kappa shape index (κ3) is 6.06. The largest absolute Gasteiger partial charge is 0.416 e. The molecule has 1 saturated heterocycles. The zero-order chi connectivity index (χ0) is 32.3. The van der Waals surface area contributed by atoms with Crippen LogP contribution >= 0.6 is 0 Å². The van der Waals surface area contributed by atoms with Crippen LogP contribution in [-0.2, 0) is 21.1 Å². The number of carbonyl (C=O) groups is 1. The average molecular weight is 631 g/mol. The third-order valence-electron chi connectivity index (χ3n) is 11.2. The Morgan fingerprint density at radius 1 is 1.16 bits per heavy atom. The molecule has 10 heteroatoms. The molecule has 5 rings (SSSR count). The number of rotatable bonds is 9. The van der Waals surface area contributed by atoms with E-state index in [1.165, 1.54) is 30.4 Å². The number of nitrogens with zero attached hydrogens (tertiary/aromatic N) is 3. The minimum atomic E-state index is -4.65. The van der Waals surface area contributed by atoms with Crippen LogP contribution in [0.3, 0.4) is 0 Å². The Bertz CT molecular complexity index is 1350. The molecule has 2 aromatic rings. The second kappa shape index (κ2) is 11.4. The smallest absolute Gasteiger partial charge is 0.414 e. The molecule has 1 spiro atoms. The molecule has 1 aliphatic heterocycles. The van der Waals surface area contributed by atoms with Crippen LogP contribution in [0.5, 0.6) is 0 Å². The molecule has 2 fully saturated rings. The number of hydrogen-bond donors (Lipinski definition) is 1. The van der Waals surface area contributed by atoms with Crippen LogP contribution in [0.2, 0.25) is 18.1 Å². The van der Waals surface area contributed by atoms with E-state index in [1.54, 1.807) is 6.07 Å². The third-order valence-corrected chi connectivity index (χ3v) is 15.7. The van der Waals surface area contributed by atoms with E-state index in [0.717, 1.165) is 30.8 Å². The molecule has 242 valence electrons. The summed E-state index contributed by atoms with van der Waals surface area (Å²) < 4.78 is 49.6. The topological polar surface area (TPSA) is 57.7 Å². The number of anilines is 1. The van der Waals surface area contributed by atoms with Gasteiger partial charge in [-0.05, 0) is 67.1 Å². The lowest BCUT2D eigenvalue weighted by atomic mass is 9.61. The van der Waals surface area contributed by atoms with Gasteiger partial charge in [0.05, 0.1) is 17.6 Å². The normalized spacial score (nSPS) is 25.6. The summed E-state index contributed by atoms with van der Waals surface area (Å²) in [6, 6.07) is 9.36. The number of aromatic nitrogens is 1. The van der Waals surface area contributed by atoms with Crippen molar-refractivity contribution >= 4 is 19.9 Å². The van der Waals surface area contributed by atoms with Crippen LogP contribution in [-0.4, -0.2) is 73.5 Å². The first-order valence-corrected chi connectivity index (χ1v) is 18.8. The van der Waals surface area contributed by atoms with Crippen molar-refractivity contribution in [1.29, 1.82) is 0 Å². The lowest BCUT2D eigenvalue weighted by molar-refractivity contribution is -0.197. The number of benzene rings is 1. The average Bonchev–Trinajstić information content (AvgIpc) is 3.14. The Balaban J connectivity index is 1.19. The Morgan fingerprint density at radius 2 is 1.84 bits per heavy atom. The van der Waals surface area contributed by atoms with Crippen LogP contribution in [0.1, 0.15) is 76.7 Å². The van der Waals surface area contributed by atoms with Gasteiger partial charge in [0.1, 0.15) is 0 Å². The monoisotopic (exact) mass is 630 g/mol. The molecule has 2 aliphatic carbocycles. The molecule has 0 radical (unpaired) electrons. The number of pyridine rings is 1. The van der Waals surface area contributed by atoms with E-state index < -0.39 is 32.4 Å². The van der Waals surface area contributed by atoms with Crippen molar-refractivity contribution in [2.45, 2.75) is 108 Å². The summed E-state index contributed by atoms with van der Waals surface area (Å²) in [5.41, 5.74) is 2.84. The number of carbonyl (C=O) groups excluding carboxylic acids is 1. The summed E-state index contributed by atoms with van der Waals surface area (Å²) in [6.07, 6.45) is -0.193. The lowest BCUT2D eigenvalue weighted by Crippen LogP contribution is -2.68. The zero-order valence-electron chi connectivity index (χ0n) is 27.5. The predicted octanol–water partition coefficient (Wildman–Crippen LogP) is 7.33. The van der Waals surface area contributed by atoms with Gasteiger partial charge < -0.3 is 14.6 Å². The molecule has 3 aliphatic rings. The van der Waals surface area contributed by atoms with Gasteiger partial charge in [-0.25, -0.2) is 0 Å². The van der Waals surface area contributed by atoms with Gasteiger partial charge in [-0.3, -0.25) is 14.7 Å². The van der Waals surface area contributed by atoms with E-state index in [4.69, 9.17) is 4.43 Å². The quantitative estimate of drug-likeness (QED) is 0.294. The highest BCUT2D eigenvalue weighted by molar-refractivity contribution is 6.74. The minimum Gasteiger partial charge on any atom is -0.416 e. The highest BCUT2D eigenvalue weighted by Gasteiger charge is 2.57. The highest BCUT2D eigenvalue weighted by atomic mass is 28.4. The number of likely N-dealkylation sites (tertiary alicyclic amines) is 1. The van der Waals surface area contributed by atoms with Crippen molar-refractivity contribution in [2.75, 3.05) is 32.1 Å². The summed E-state index contributed by atoms with van der Waals surface area (Å²) in [5.74, 6) is -0.877. The Morgan fingerprint density at radius 3 is 2.39 bits per heavy atom. The first-order chi connectivity index (χ1) is 20.4. The van der Waals surface area contributed by atoms with Gasteiger partial charge in [0.2, 0.25) is 5.91 Å². The predicted molar refractivity (Wildman–Crippen MR) is 171 cm³/mol. The van der Waals surface area contributed by atoms with Crippen molar-refractivity contribution in [3.05, 3.63) is 59.4 Å². The summed E-state index contributed by atoms with van der Waals surface area (Å²) in [4.78, 5) is 20.9. The van der Waals surface area contributed by atoms with Crippen molar-refractivity contribution in [3.63, 3.8) is 0 Å². The molecule has 6 nitrogen and oxygen atoms in total. The molecular weight excluding hydrogens is 581 g/mol.